The number of hydrogen-bond acceptors (Lipinski definition) is 4. The molecule has 90 valence electrons. The van der Waals surface area contributed by atoms with Crippen LogP contribution in [0.25, 0.3) is 0 Å². The van der Waals surface area contributed by atoms with E-state index in [1.54, 1.807) is 6.07 Å². The van der Waals surface area contributed by atoms with Crippen LogP contribution >= 0.6 is 0 Å². The highest BCUT2D eigenvalue weighted by molar-refractivity contribution is 7.92. The Hall–Kier alpha value is -1.28. The monoisotopic (exact) mass is 264 g/mol. The summed E-state index contributed by atoms with van der Waals surface area (Å²) in [6, 6.07) is 5.98. The van der Waals surface area contributed by atoms with Crippen LogP contribution in [-0.4, -0.2) is 29.3 Å². The molecule has 0 radical (unpaired) electrons. The molecule has 0 aliphatic heterocycles. The standard InChI is InChI=1S/C8H12N2O4S2/c1-15(11,12)9-7-4-3-5-8(6-7)10-16(2,13)14/h3-6,9-10H,1-2H3. The first-order valence-electron chi connectivity index (χ1n) is 4.21. The molecule has 0 aliphatic carbocycles. The lowest BCUT2D eigenvalue weighted by Crippen LogP contribution is -2.11. The molecular weight excluding hydrogens is 252 g/mol. The molecular formula is C8H12N2O4S2. The molecule has 1 aromatic rings. The third-order valence-electron chi connectivity index (χ3n) is 1.47. The maximum absolute atomic E-state index is 10.9. The molecule has 0 spiro atoms. The van der Waals surface area contributed by atoms with E-state index in [0.29, 0.717) is 11.4 Å². The molecule has 0 fully saturated rings. The van der Waals surface area contributed by atoms with Crippen LogP contribution in [0.5, 0.6) is 0 Å². The summed E-state index contributed by atoms with van der Waals surface area (Å²) < 4.78 is 48.3. The van der Waals surface area contributed by atoms with Gasteiger partial charge in [0.2, 0.25) is 20.0 Å². The molecule has 0 heterocycles. The number of sulfonamides is 2. The zero-order valence-corrected chi connectivity index (χ0v) is 10.4. The fourth-order valence-corrected chi connectivity index (χ4v) is 2.18. The second-order valence-corrected chi connectivity index (χ2v) is 6.83. The Balaban J connectivity index is 2.96. The normalized spacial score (nSPS) is 12.1. The van der Waals surface area contributed by atoms with Crippen molar-refractivity contribution in [1.29, 1.82) is 0 Å². The highest BCUT2D eigenvalue weighted by Gasteiger charge is 2.05. The van der Waals surface area contributed by atoms with Gasteiger partial charge in [-0.2, -0.15) is 0 Å². The van der Waals surface area contributed by atoms with Gasteiger partial charge in [-0.15, -0.1) is 0 Å². The molecule has 0 aromatic heterocycles. The van der Waals surface area contributed by atoms with Gasteiger partial charge in [0.05, 0.1) is 23.9 Å². The maximum atomic E-state index is 10.9. The predicted octanol–water partition coefficient (Wildman–Crippen LogP) is 0.430. The minimum Gasteiger partial charge on any atom is -0.284 e. The molecule has 0 aliphatic rings. The zero-order chi connectivity index (χ0) is 12.4. The summed E-state index contributed by atoms with van der Waals surface area (Å²) in [6.07, 6.45) is 2.04. The summed E-state index contributed by atoms with van der Waals surface area (Å²) in [5.74, 6) is 0. The van der Waals surface area contributed by atoms with Crippen LogP contribution in [0, 0.1) is 0 Å². The smallest absolute Gasteiger partial charge is 0.229 e. The van der Waals surface area contributed by atoms with E-state index >= 15 is 0 Å². The first-order chi connectivity index (χ1) is 7.16. The molecule has 0 unspecified atom stereocenters. The lowest BCUT2D eigenvalue weighted by Gasteiger charge is -2.07. The van der Waals surface area contributed by atoms with Crippen molar-refractivity contribution in [2.75, 3.05) is 22.0 Å². The van der Waals surface area contributed by atoms with Crippen LogP contribution in [-0.2, 0) is 20.0 Å². The van der Waals surface area contributed by atoms with Gasteiger partial charge in [0.25, 0.3) is 0 Å². The molecule has 0 atom stereocenters. The second-order valence-electron chi connectivity index (χ2n) is 3.33. The average Bonchev–Trinajstić information content (AvgIpc) is 1.96. The van der Waals surface area contributed by atoms with Crippen molar-refractivity contribution in [2.24, 2.45) is 0 Å². The molecule has 6 nitrogen and oxygen atoms in total. The van der Waals surface area contributed by atoms with Gasteiger partial charge in [0.1, 0.15) is 0 Å². The van der Waals surface area contributed by atoms with Crippen molar-refractivity contribution in [3.05, 3.63) is 24.3 Å². The van der Waals surface area contributed by atoms with Gasteiger partial charge in [0.15, 0.2) is 0 Å². The molecule has 0 saturated heterocycles. The van der Waals surface area contributed by atoms with Gasteiger partial charge in [-0.25, -0.2) is 16.8 Å². The van der Waals surface area contributed by atoms with E-state index in [1.807, 2.05) is 0 Å². The lowest BCUT2D eigenvalue weighted by atomic mass is 10.3. The largest absolute Gasteiger partial charge is 0.284 e. The number of benzene rings is 1. The summed E-state index contributed by atoms with van der Waals surface area (Å²) in [4.78, 5) is 0. The van der Waals surface area contributed by atoms with E-state index in [2.05, 4.69) is 9.44 Å². The molecule has 16 heavy (non-hydrogen) atoms. The van der Waals surface area contributed by atoms with E-state index in [1.165, 1.54) is 18.2 Å². The quantitative estimate of drug-likeness (QED) is 0.824. The molecule has 0 bridgehead atoms. The average molecular weight is 264 g/mol. The fourth-order valence-electron chi connectivity index (χ4n) is 1.07. The summed E-state index contributed by atoms with van der Waals surface area (Å²) in [7, 11) is -6.73. The van der Waals surface area contributed by atoms with Gasteiger partial charge < -0.3 is 0 Å². The van der Waals surface area contributed by atoms with Crippen molar-refractivity contribution in [1.82, 2.24) is 0 Å². The van der Waals surface area contributed by atoms with Crippen LogP contribution in [0.15, 0.2) is 24.3 Å². The van der Waals surface area contributed by atoms with Gasteiger partial charge in [0, 0.05) is 0 Å². The van der Waals surface area contributed by atoms with Crippen LogP contribution in [0.3, 0.4) is 0 Å². The van der Waals surface area contributed by atoms with Crippen molar-refractivity contribution >= 4 is 31.4 Å². The Bertz CT molecular complexity index is 529. The number of anilines is 2. The number of hydrogen-bond donors (Lipinski definition) is 2. The van der Waals surface area contributed by atoms with Crippen molar-refractivity contribution in [2.45, 2.75) is 0 Å². The summed E-state index contributed by atoms with van der Waals surface area (Å²) in [5.41, 5.74) is 0.604. The minimum absolute atomic E-state index is 0.302. The van der Waals surface area contributed by atoms with Gasteiger partial charge in [-0.1, -0.05) is 6.07 Å². The van der Waals surface area contributed by atoms with Crippen molar-refractivity contribution < 1.29 is 16.8 Å². The van der Waals surface area contributed by atoms with E-state index in [0.717, 1.165) is 12.5 Å². The third-order valence-corrected chi connectivity index (χ3v) is 2.68. The third kappa shape index (κ3) is 4.99. The SMILES string of the molecule is CS(=O)(=O)Nc1cccc(NS(C)(=O)=O)c1. The van der Waals surface area contributed by atoms with Crippen molar-refractivity contribution in [3.8, 4) is 0 Å². The fraction of sp³-hybridized carbons (Fsp3) is 0.250. The first kappa shape index (κ1) is 12.8. The van der Waals surface area contributed by atoms with Crippen LogP contribution in [0.2, 0.25) is 0 Å². The Morgan fingerprint density at radius 2 is 1.25 bits per heavy atom. The van der Waals surface area contributed by atoms with Crippen LogP contribution in [0.4, 0.5) is 11.4 Å². The highest BCUT2D eigenvalue weighted by Crippen LogP contribution is 2.16. The van der Waals surface area contributed by atoms with Gasteiger partial charge in [-0.3, -0.25) is 9.44 Å². The first-order valence-corrected chi connectivity index (χ1v) is 8.00. The lowest BCUT2D eigenvalue weighted by molar-refractivity contribution is 0.605. The van der Waals surface area contributed by atoms with Crippen molar-refractivity contribution in [3.63, 3.8) is 0 Å². The van der Waals surface area contributed by atoms with Crippen LogP contribution < -0.4 is 9.44 Å². The second kappa shape index (κ2) is 4.30. The molecule has 8 heteroatoms. The van der Waals surface area contributed by atoms with Gasteiger partial charge >= 0.3 is 0 Å². The molecule has 0 saturated carbocycles. The van der Waals surface area contributed by atoms with Crippen LogP contribution in [0.1, 0.15) is 0 Å². The Morgan fingerprint density at radius 1 is 0.875 bits per heavy atom. The molecule has 1 aromatic carbocycles. The van der Waals surface area contributed by atoms with E-state index in [9.17, 15) is 16.8 Å². The Kier molecular flexibility index (Phi) is 3.44. The number of rotatable bonds is 4. The summed E-state index contributed by atoms with van der Waals surface area (Å²) in [5, 5.41) is 0. The molecule has 0 amide bonds. The highest BCUT2D eigenvalue weighted by atomic mass is 32.2. The zero-order valence-electron chi connectivity index (χ0n) is 8.76. The predicted molar refractivity (Wildman–Crippen MR) is 63.4 cm³/mol. The minimum atomic E-state index is -3.36. The van der Waals surface area contributed by atoms with E-state index in [-0.39, 0.29) is 0 Å². The summed E-state index contributed by atoms with van der Waals surface area (Å²) >= 11 is 0. The van der Waals surface area contributed by atoms with E-state index in [4.69, 9.17) is 0 Å². The Morgan fingerprint density at radius 3 is 1.56 bits per heavy atom. The maximum Gasteiger partial charge on any atom is 0.229 e. The van der Waals surface area contributed by atoms with Gasteiger partial charge in [-0.05, 0) is 18.2 Å². The topological polar surface area (TPSA) is 92.3 Å². The molecule has 1 rings (SSSR count). The Labute approximate surface area is 94.8 Å². The van der Waals surface area contributed by atoms with E-state index < -0.39 is 20.0 Å². The number of nitrogens with one attached hydrogen (secondary N) is 2. The summed E-state index contributed by atoms with van der Waals surface area (Å²) in [6.45, 7) is 0. The molecule has 2 N–H and O–H groups in total.